The standard InChI is InChI=1S/C31H32N2O7S/c1-5-8-18-39-23-15-11-21(12-16-23)26(34)24-25(20-9-13-22(14-10-20)38-7-3)33(29(36)27(24)35)31-32-19(4)28(41-31)30(37)40-17-6-2/h6,9-16,25,34H,2,5,7-8,17-18H2,1,3-4H3. The van der Waals surface area contributed by atoms with E-state index in [1.807, 2.05) is 6.92 Å². The first-order valence-corrected chi connectivity index (χ1v) is 14.1. The van der Waals surface area contributed by atoms with Crippen LogP contribution in [0.25, 0.3) is 5.76 Å². The number of hydrogen-bond donors (Lipinski definition) is 1. The minimum Gasteiger partial charge on any atom is -0.507 e. The first kappa shape index (κ1) is 29.5. The zero-order valence-electron chi connectivity index (χ0n) is 23.2. The molecule has 1 unspecified atom stereocenters. The van der Waals surface area contributed by atoms with Gasteiger partial charge in [-0.15, -0.1) is 0 Å². The molecule has 1 fully saturated rings. The van der Waals surface area contributed by atoms with Crippen molar-refractivity contribution in [1.82, 2.24) is 4.98 Å². The molecule has 1 aromatic heterocycles. The van der Waals surface area contributed by atoms with Gasteiger partial charge in [0.1, 0.15) is 28.7 Å². The van der Waals surface area contributed by atoms with E-state index >= 15 is 0 Å². The molecular weight excluding hydrogens is 544 g/mol. The van der Waals surface area contributed by atoms with Gasteiger partial charge in [0.2, 0.25) is 0 Å². The molecule has 9 nitrogen and oxygen atoms in total. The number of aromatic nitrogens is 1. The minimum absolute atomic E-state index is 0.0185. The number of aliphatic hydroxyl groups is 1. The van der Waals surface area contributed by atoms with Gasteiger partial charge in [0.15, 0.2) is 5.13 Å². The molecule has 214 valence electrons. The summed E-state index contributed by atoms with van der Waals surface area (Å²) in [6.07, 6.45) is 3.36. The van der Waals surface area contributed by atoms with E-state index in [0.29, 0.717) is 41.5 Å². The molecule has 2 aromatic carbocycles. The number of carbonyl (C=O) groups excluding carboxylic acids is 3. The van der Waals surface area contributed by atoms with Gasteiger partial charge in [0.05, 0.1) is 30.5 Å². The van der Waals surface area contributed by atoms with Crippen molar-refractivity contribution in [2.45, 2.75) is 39.7 Å². The summed E-state index contributed by atoms with van der Waals surface area (Å²) in [5.41, 5.74) is 1.16. The number of ketones is 1. The van der Waals surface area contributed by atoms with Gasteiger partial charge in [0, 0.05) is 5.56 Å². The van der Waals surface area contributed by atoms with E-state index in [4.69, 9.17) is 14.2 Å². The quantitative estimate of drug-likeness (QED) is 0.0697. The lowest BCUT2D eigenvalue weighted by atomic mass is 9.95. The lowest BCUT2D eigenvalue weighted by Gasteiger charge is -2.23. The number of amides is 1. The Kier molecular flexibility index (Phi) is 9.57. The van der Waals surface area contributed by atoms with Crippen LogP contribution >= 0.6 is 11.3 Å². The number of benzene rings is 2. The van der Waals surface area contributed by atoms with Crippen LogP contribution in [0.15, 0.2) is 66.8 Å². The number of esters is 1. The van der Waals surface area contributed by atoms with Crippen molar-refractivity contribution in [3.05, 3.63) is 88.5 Å². The molecule has 41 heavy (non-hydrogen) atoms. The number of anilines is 1. The van der Waals surface area contributed by atoms with E-state index in [0.717, 1.165) is 24.2 Å². The van der Waals surface area contributed by atoms with Gasteiger partial charge in [0.25, 0.3) is 5.78 Å². The van der Waals surface area contributed by atoms with Crippen LogP contribution in [-0.2, 0) is 14.3 Å². The number of aryl methyl sites for hydroxylation is 1. The normalized spacial score (nSPS) is 16.1. The molecule has 1 N–H and O–H groups in total. The fraction of sp³-hybridized carbons (Fsp3) is 0.290. The topological polar surface area (TPSA) is 115 Å². The number of unbranched alkanes of at least 4 members (excludes halogenated alkanes) is 1. The Balaban J connectivity index is 1.79. The maximum absolute atomic E-state index is 13.5. The molecule has 0 spiro atoms. The summed E-state index contributed by atoms with van der Waals surface area (Å²) < 4.78 is 16.4. The third-order valence-electron chi connectivity index (χ3n) is 6.35. The molecule has 3 aromatic rings. The van der Waals surface area contributed by atoms with Crippen molar-refractivity contribution in [3.8, 4) is 11.5 Å². The molecule has 0 bridgehead atoms. The van der Waals surface area contributed by atoms with Gasteiger partial charge >= 0.3 is 11.9 Å². The smallest absolute Gasteiger partial charge is 0.350 e. The van der Waals surface area contributed by atoms with Crippen LogP contribution in [0.4, 0.5) is 5.13 Å². The zero-order chi connectivity index (χ0) is 29.5. The predicted octanol–water partition coefficient (Wildman–Crippen LogP) is 6.00. The van der Waals surface area contributed by atoms with Crippen LogP contribution in [0.2, 0.25) is 0 Å². The van der Waals surface area contributed by atoms with Crippen LogP contribution in [0.1, 0.15) is 59.2 Å². The fourth-order valence-electron chi connectivity index (χ4n) is 4.33. The number of ether oxygens (including phenoxy) is 3. The molecule has 10 heteroatoms. The molecule has 1 aliphatic rings. The van der Waals surface area contributed by atoms with Crippen molar-refractivity contribution in [1.29, 1.82) is 0 Å². The van der Waals surface area contributed by atoms with Crippen LogP contribution in [-0.4, -0.2) is 47.6 Å². The summed E-state index contributed by atoms with van der Waals surface area (Å²) in [4.78, 5) is 45.4. The third kappa shape index (κ3) is 6.33. The highest BCUT2D eigenvalue weighted by Crippen LogP contribution is 2.44. The second-order valence-corrected chi connectivity index (χ2v) is 10.2. The summed E-state index contributed by atoms with van der Waals surface area (Å²) in [5, 5.41) is 11.5. The highest BCUT2D eigenvalue weighted by molar-refractivity contribution is 7.17. The number of carbonyl (C=O) groups is 3. The van der Waals surface area contributed by atoms with Crippen LogP contribution in [0.3, 0.4) is 0 Å². The maximum Gasteiger partial charge on any atom is 0.350 e. The molecule has 0 saturated carbocycles. The Labute approximate surface area is 242 Å². The van der Waals surface area contributed by atoms with Gasteiger partial charge in [-0.2, -0.15) is 0 Å². The zero-order valence-corrected chi connectivity index (χ0v) is 24.0. The van der Waals surface area contributed by atoms with Gasteiger partial charge in [-0.1, -0.05) is 49.5 Å². The number of Topliss-reactive ketones (excluding diaryl/α,β-unsaturated/α-hetero) is 1. The van der Waals surface area contributed by atoms with E-state index in [9.17, 15) is 19.5 Å². The summed E-state index contributed by atoms with van der Waals surface area (Å²) in [7, 11) is 0. The number of nitrogens with zero attached hydrogens (tertiary/aromatic N) is 2. The monoisotopic (exact) mass is 576 g/mol. The molecule has 1 amide bonds. The number of rotatable bonds is 12. The third-order valence-corrected chi connectivity index (χ3v) is 7.49. The molecule has 1 aliphatic heterocycles. The predicted molar refractivity (Wildman–Crippen MR) is 157 cm³/mol. The Morgan fingerprint density at radius 2 is 1.73 bits per heavy atom. The molecule has 1 saturated heterocycles. The van der Waals surface area contributed by atoms with Crippen molar-refractivity contribution < 1.29 is 33.7 Å². The van der Waals surface area contributed by atoms with Crippen molar-refractivity contribution in [2.24, 2.45) is 0 Å². The van der Waals surface area contributed by atoms with Gasteiger partial charge in [-0.3, -0.25) is 14.5 Å². The molecule has 4 rings (SSSR count). The molecular formula is C31H32N2O7S. The first-order valence-electron chi connectivity index (χ1n) is 13.3. The Morgan fingerprint density at radius 3 is 2.37 bits per heavy atom. The number of thiazole rings is 1. The van der Waals surface area contributed by atoms with E-state index in [2.05, 4.69) is 18.5 Å². The van der Waals surface area contributed by atoms with Crippen LogP contribution in [0.5, 0.6) is 11.5 Å². The Bertz CT molecular complexity index is 1460. The van der Waals surface area contributed by atoms with E-state index < -0.39 is 23.7 Å². The maximum atomic E-state index is 13.5. The van der Waals surface area contributed by atoms with Crippen LogP contribution < -0.4 is 14.4 Å². The average molecular weight is 577 g/mol. The summed E-state index contributed by atoms with van der Waals surface area (Å²) in [5.74, 6) is -1.43. The van der Waals surface area contributed by atoms with Crippen molar-refractivity contribution in [3.63, 3.8) is 0 Å². The lowest BCUT2D eigenvalue weighted by Crippen LogP contribution is -2.29. The second kappa shape index (κ2) is 13.3. The van der Waals surface area contributed by atoms with Gasteiger partial charge < -0.3 is 19.3 Å². The lowest BCUT2D eigenvalue weighted by molar-refractivity contribution is -0.132. The SMILES string of the molecule is C=CCOC(=O)c1sc(N2C(=O)C(=O)C(=C(O)c3ccc(OCCCC)cc3)C2c2ccc(OCC)cc2)nc1C. The molecule has 0 radical (unpaired) electrons. The van der Waals surface area contributed by atoms with Crippen molar-refractivity contribution in [2.75, 3.05) is 24.7 Å². The van der Waals surface area contributed by atoms with Crippen molar-refractivity contribution >= 4 is 39.9 Å². The van der Waals surface area contributed by atoms with E-state index in [1.165, 1.54) is 11.0 Å². The minimum atomic E-state index is -1.01. The average Bonchev–Trinajstić information content (AvgIpc) is 3.48. The summed E-state index contributed by atoms with van der Waals surface area (Å²) in [6, 6.07) is 12.6. The first-order chi connectivity index (χ1) is 19.8. The fourth-order valence-corrected chi connectivity index (χ4v) is 5.32. The molecule has 0 aliphatic carbocycles. The Morgan fingerprint density at radius 1 is 1.07 bits per heavy atom. The van der Waals surface area contributed by atoms with Gasteiger partial charge in [-0.05, 0) is 62.2 Å². The highest BCUT2D eigenvalue weighted by atomic mass is 32.1. The van der Waals surface area contributed by atoms with Crippen LogP contribution in [0, 0.1) is 6.92 Å². The second-order valence-electron chi connectivity index (χ2n) is 9.20. The number of aliphatic hydroxyl groups excluding tert-OH is 1. The van der Waals surface area contributed by atoms with Gasteiger partial charge in [-0.25, -0.2) is 9.78 Å². The Hall–Kier alpha value is -4.44. The number of hydrogen-bond acceptors (Lipinski definition) is 9. The summed E-state index contributed by atoms with van der Waals surface area (Å²) in [6.45, 7) is 10.2. The van der Waals surface area contributed by atoms with E-state index in [-0.39, 0.29) is 27.9 Å². The van der Waals surface area contributed by atoms with E-state index in [1.54, 1.807) is 55.5 Å². The largest absolute Gasteiger partial charge is 0.507 e. The molecule has 2 heterocycles. The highest BCUT2D eigenvalue weighted by Gasteiger charge is 2.48. The summed E-state index contributed by atoms with van der Waals surface area (Å²) >= 11 is 0.939. The molecule has 1 atom stereocenters.